The molecule has 0 aromatic heterocycles. The summed E-state index contributed by atoms with van der Waals surface area (Å²) >= 11 is 0. The first kappa shape index (κ1) is 13.5. The molecule has 0 aromatic carbocycles. The van der Waals surface area contributed by atoms with Crippen LogP contribution in [0.3, 0.4) is 0 Å². The van der Waals surface area contributed by atoms with E-state index in [9.17, 15) is 4.79 Å². The summed E-state index contributed by atoms with van der Waals surface area (Å²) in [5.74, 6) is -0.00789. The molecule has 1 saturated carbocycles. The van der Waals surface area contributed by atoms with Gasteiger partial charge < -0.3 is 4.74 Å². The average molecular weight is 226 g/mol. The lowest BCUT2D eigenvalue weighted by Gasteiger charge is -2.44. The third-order valence-electron chi connectivity index (χ3n) is 5.18. The smallest absolute Gasteiger partial charge is 0.309 e. The zero-order valence-corrected chi connectivity index (χ0v) is 11.4. The van der Waals surface area contributed by atoms with Crippen molar-refractivity contribution in [3.63, 3.8) is 0 Å². The maximum Gasteiger partial charge on any atom is 0.309 e. The third-order valence-corrected chi connectivity index (χ3v) is 5.18. The predicted molar refractivity (Wildman–Crippen MR) is 66.2 cm³/mol. The molecule has 0 amide bonds. The summed E-state index contributed by atoms with van der Waals surface area (Å²) in [4.78, 5) is 11.9. The van der Waals surface area contributed by atoms with Crippen LogP contribution >= 0.6 is 0 Å². The molecule has 2 heteroatoms. The van der Waals surface area contributed by atoms with E-state index < -0.39 is 0 Å². The van der Waals surface area contributed by atoms with Crippen LogP contribution in [0.25, 0.3) is 0 Å². The molecule has 1 rings (SSSR count). The Hall–Kier alpha value is -0.530. The highest BCUT2D eigenvalue weighted by atomic mass is 16.5. The van der Waals surface area contributed by atoms with Crippen LogP contribution in [-0.2, 0) is 9.53 Å². The van der Waals surface area contributed by atoms with Crippen LogP contribution in [0.4, 0.5) is 0 Å². The Morgan fingerprint density at radius 2 is 1.94 bits per heavy atom. The molecule has 1 fully saturated rings. The molecular formula is C14H26O2. The molecule has 16 heavy (non-hydrogen) atoms. The molecule has 0 spiro atoms. The van der Waals surface area contributed by atoms with E-state index in [1.807, 2.05) is 13.8 Å². The predicted octanol–water partition coefficient (Wildman–Crippen LogP) is 3.79. The van der Waals surface area contributed by atoms with E-state index in [4.69, 9.17) is 4.74 Å². The van der Waals surface area contributed by atoms with Gasteiger partial charge in [-0.3, -0.25) is 4.79 Å². The molecule has 2 nitrogen and oxygen atoms in total. The van der Waals surface area contributed by atoms with Crippen LogP contribution in [0.2, 0.25) is 0 Å². The first-order valence-corrected chi connectivity index (χ1v) is 6.58. The van der Waals surface area contributed by atoms with Gasteiger partial charge in [0.15, 0.2) is 0 Å². The fraction of sp³-hybridized carbons (Fsp3) is 0.929. The number of hydrogen-bond acceptors (Lipinski definition) is 2. The molecular weight excluding hydrogens is 200 g/mol. The van der Waals surface area contributed by atoms with Crippen LogP contribution in [0.15, 0.2) is 0 Å². The van der Waals surface area contributed by atoms with Crippen molar-refractivity contribution in [2.75, 3.05) is 6.61 Å². The van der Waals surface area contributed by atoms with Crippen molar-refractivity contribution >= 4 is 5.97 Å². The Kier molecular flexibility index (Phi) is 4.03. The van der Waals surface area contributed by atoms with Crippen molar-refractivity contribution in [2.45, 2.75) is 60.3 Å². The van der Waals surface area contributed by atoms with Crippen molar-refractivity contribution in [3.05, 3.63) is 0 Å². The zero-order valence-electron chi connectivity index (χ0n) is 11.4. The lowest BCUT2D eigenvalue weighted by molar-refractivity contribution is -0.155. The van der Waals surface area contributed by atoms with E-state index in [0.29, 0.717) is 12.0 Å². The quantitative estimate of drug-likeness (QED) is 0.682. The van der Waals surface area contributed by atoms with Crippen LogP contribution < -0.4 is 0 Å². The van der Waals surface area contributed by atoms with E-state index in [0.717, 1.165) is 12.8 Å². The molecule has 1 aliphatic rings. The molecule has 0 aliphatic heterocycles. The van der Waals surface area contributed by atoms with Crippen molar-refractivity contribution in [1.82, 2.24) is 0 Å². The summed E-state index contributed by atoms with van der Waals surface area (Å²) in [5.41, 5.74) is 0.396. The number of hydrogen-bond donors (Lipinski definition) is 0. The zero-order chi connectivity index (χ0) is 12.4. The van der Waals surface area contributed by atoms with Gasteiger partial charge in [0, 0.05) is 0 Å². The fourth-order valence-corrected chi connectivity index (χ4v) is 3.28. The van der Waals surface area contributed by atoms with Crippen LogP contribution in [0.1, 0.15) is 60.3 Å². The summed E-state index contributed by atoms with van der Waals surface area (Å²) in [7, 11) is 0. The number of carbonyl (C=O) groups excluding carboxylic acids is 1. The molecule has 94 valence electrons. The number of esters is 1. The van der Waals surface area contributed by atoms with Crippen LogP contribution in [-0.4, -0.2) is 12.6 Å². The molecule has 1 aliphatic carbocycles. The van der Waals surface area contributed by atoms with E-state index in [1.54, 1.807) is 0 Å². The summed E-state index contributed by atoms with van der Waals surface area (Å²) in [6, 6.07) is 0. The van der Waals surface area contributed by atoms with Gasteiger partial charge in [0.2, 0.25) is 0 Å². The summed E-state index contributed by atoms with van der Waals surface area (Å²) in [6.45, 7) is 11.2. The summed E-state index contributed by atoms with van der Waals surface area (Å²) in [6.07, 6.45) is 4.78. The lowest BCUT2D eigenvalue weighted by Crippen LogP contribution is -2.41. The van der Waals surface area contributed by atoms with E-state index in [-0.39, 0.29) is 17.3 Å². The molecule has 0 radical (unpaired) electrons. The summed E-state index contributed by atoms with van der Waals surface area (Å²) < 4.78 is 5.18. The fourth-order valence-electron chi connectivity index (χ4n) is 3.28. The van der Waals surface area contributed by atoms with Gasteiger partial charge in [-0.15, -0.1) is 0 Å². The van der Waals surface area contributed by atoms with Crippen molar-refractivity contribution in [2.24, 2.45) is 16.7 Å². The highest BCUT2D eigenvalue weighted by Crippen LogP contribution is 2.58. The highest BCUT2D eigenvalue weighted by Gasteiger charge is 2.52. The van der Waals surface area contributed by atoms with Gasteiger partial charge in [0.25, 0.3) is 0 Å². The first-order valence-electron chi connectivity index (χ1n) is 6.58. The molecule has 0 saturated heterocycles. The molecule has 0 aromatic rings. The molecule has 0 bridgehead atoms. The minimum Gasteiger partial charge on any atom is -0.466 e. The molecule has 3 unspecified atom stereocenters. The van der Waals surface area contributed by atoms with Crippen molar-refractivity contribution in [3.8, 4) is 0 Å². The Labute approximate surface area is 99.8 Å². The Balaban J connectivity index is 2.87. The van der Waals surface area contributed by atoms with Crippen molar-refractivity contribution in [1.29, 1.82) is 0 Å². The summed E-state index contributed by atoms with van der Waals surface area (Å²) in [5, 5.41) is 0. The molecule has 0 heterocycles. The van der Waals surface area contributed by atoms with Gasteiger partial charge in [0.05, 0.1) is 12.5 Å². The van der Waals surface area contributed by atoms with E-state index in [1.165, 1.54) is 12.8 Å². The van der Waals surface area contributed by atoms with E-state index >= 15 is 0 Å². The average Bonchev–Trinajstić information content (AvgIpc) is 2.56. The first-order chi connectivity index (χ1) is 7.41. The second-order valence-corrected chi connectivity index (χ2v) is 5.66. The van der Waals surface area contributed by atoms with E-state index in [2.05, 4.69) is 20.8 Å². The van der Waals surface area contributed by atoms with Crippen LogP contribution in [0.5, 0.6) is 0 Å². The number of rotatable bonds is 4. The van der Waals surface area contributed by atoms with Gasteiger partial charge in [-0.05, 0) is 30.6 Å². The Morgan fingerprint density at radius 3 is 2.44 bits per heavy atom. The van der Waals surface area contributed by atoms with Gasteiger partial charge in [-0.2, -0.15) is 0 Å². The Bertz CT molecular complexity index is 261. The second kappa shape index (κ2) is 4.77. The topological polar surface area (TPSA) is 26.3 Å². The van der Waals surface area contributed by atoms with Gasteiger partial charge in [-0.1, -0.05) is 40.5 Å². The molecule has 0 N–H and O–H groups in total. The number of carbonyl (C=O) groups is 1. The normalized spacial score (nSPS) is 36.1. The van der Waals surface area contributed by atoms with Gasteiger partial charge in [-0.25, -0.2) is 0 Å². The van der Waals surface area contributed by atoms with Gasteiger partial charge >= 0.3 is 5.97 Å². The molecule has 3 atom stereocenters. The van der Waals surface area contributed by atoms with Crippen molar-refractivity contribution < 1.29 is 9.53 Å². The maximum atomic E-state index is 11.9. The monoisotopic (exact) mass is 226 g/mol. The Morgan fingerprint density at radius 1 is 1.31 bits per heavy atom. The number of ether oxygens (including phenoxy) is 1. The van der Waals surface area contributed by atoms with Gasteiger partial charge in [0.1, 0.15) is 0 Å². The SMILES string of the molecule is CCOC(=O)C(C)C1(C)CCCC1(C)CC. The lowest BCUT2D eigenvalue weighted by atomic mass is 9.60. The standard InChI is InChI=1S/C14H26O2/c1-6-13(4)9-8-10-14(13,5)11(3)12(15)16-7-2/h11H,6-10H2,1-5H3. The second-order valence-electron chi connectivity index (χ2n) is 5.66. The largest absolute Gasteiger partial charge is 0.466 e. The highest BCUT2D eigenvalue weighted by molar-refractivity contribution is 5.73. The third kappa shape index (κ3) is 1.99. The minimum atomic E-state index is -0.0217. The van der Waals surface area contributed by atoms with Crippen LogP contribution in [0, 0.1) is 16.7 Å². The maximum absolute atomic E-state index is 11.9. The minimum absolute atomic E-state index is 0.0138.